The number of ether oxygens (including phenoxy) is 7. The number of primary amides is 1. The summed E-state index contributed by atoms with van der Waals surface area (Å²) in [7, 11) is 3.60. The molecule has 35 heteroatoms. The van der Waals surface area contributed by atoms with Crippen molar-refractivity contribution in [3.05, 3.63) is 29.4 Å². The number of halogens is 1. The molecule has 4 aliphatic rings. The van der Waals surface area contributed by atoms with Crippen LogP contribution in [0, 0.1) is 17.8 Å². The number of ketones is 1. The number of likely N-dealkylation sites (N-methyl/N-ethyl adjacent to an activating group) is 1. The topological polar surface area (TPSA) is 517 Å². The minimum atomic E-state index is -3.26. The Balaban J connectivity index is 0.000000583. The molecule has 2 bridgehead atoms. The smallest absolute Gasteiger partial charge is 0.351 e. The summed E-state index contributed by atoms with van der Waals surface area (Å²) in [6, 6.07) is 2.06. The van der Waals surface area contributed by atoms with E-state index >= 15 is 4.39 Å². The molecule has 2 aromatic heterocycles. The number of oxime groups is 1. The number of nitrogens with one attached hydrogen (secondary N) is 1. The molecule has 16 N–H and O–H groups in total. The van der Waals surface area contributed by atoms with Gasteiger partial charge < -0.3 is 116 Å². The standard InChI is InChI=1S/C49H73FN8O13S.C12H22O12/c1-12-34-49(9,65)42-27(5)38(56-37(60)13-2)25(3)19-47(7,41(28(6)40(62)48(8,50)46(64)70-34)71-45-39(61)33(58(10)11)18-26(4)69-45)67-22-31(21-66-42)57-68-23-30-15-14-29(20-53-30)44-55-36(24-72-44)54-43(63)32(51)16-17-35(52)59;13-1-3(15)10(7(18)8(19)11(21)22)24-12-9(20)6(17)5(16)4(2-14)23-12/h14-15,20,24-28,32-34,39,41-42,45,61,65H,12-13,16-19,21-23,51H2,1-11H3,(H2,52,59)(H,54,63);3-10,12-20H,1-2H2,(H,21,22)/b56-38?,57-31+;/t25-,26-,27+,28+,32+,33+,34-,39-,41-,42+,45+,47-,48+,49-;3-,4-,5+,6+,7-,8-,9-,10-,12+/m11/s1. The maximum absolute atomic E-state index is 17.0. The van der Waals surface area contributed by atoms with E-state index in [4.69, 9.17) is 64.8 Å². The zero-order valence-corrected chi connectivity index (χ0v) is 56.3. The van der Waals surface area contributed by atoms with Gasteiger partial charge >= 0.3 is 11.9 Å². The van der Waals surface area contributed by atoms with Crippen molar-refractivity contribution in [2.24, 2.45) is 39.4 Å². The fourth-order valence-electron chi connectivity index (χ4n) is 11.8. The molecule has 0 aliphatic carbocycles. The lowest BCUT2D eigenvalue weighted by atomic mass is 9.73. The lowest BCUT2D eigenvalue weighted by molar-refractivity contribution is -0.326. The van der Waals surface area contributed by atoms with Gasteiger partial charge in [-0.25, -0.2) is 24.0 Å². The number of carbonyl (C=O) groups excluding carboxylic acids is 5. The summed E-state index contributed by atoms with van der Waals surface area (Å²) in [5, 5.41) is 118. The number of fused-ring (bicyclic) bond motifs is 5. The predicted molar refractivity (Wildman–Crippen MR) is 336 cm³/mol. The average molecular weight is 1390 g/mol. The number of rotatable bonds is 22. The number of pyridine rings is 1. The van der Waals surface area contributed by atoms with Gasteiger partial charge in [-0.15, -0.1) is 11.3 Å². The number of anilines is 1. The summed E-state index contributed by atoms with van der Waals surface area (Å²) in [5.74, 6) is -8.86. The Labute approximate surface area is 557 Å². The molecule has 4 aliphatic heterocycles. The summed E-state index contributed by atoms with van der Waals surface area (Å²) >= 11 is 1.26. The van der Waals surface area contributed by atoms with Gasteiger partial charge in [0, 0.05) is 53.6 Å². The van der Waals surface area contributed by atoms with E-state index in [1.165, 1.54) is 25.2 Å². The SMILES string of the molecule is CCC(=O)N=C1[C@H](C)C[C@@]2(C)OC/C(=N/OCc3ccc(-c4nc(NC(=O)[C@@H](N)CCC(N)=O)cs4)cn3)CO[C@@H]([C@H]1C)[C@](C)(O)[C@@H](CC)OC(=O)[C@@](C)(F)C(=O)[C@H](C)[C@H]2O[C@@H]1O[C@H](C)C[C@H](N(C)C)[C@H]1O.O=C(O)[C@H](O)[C@@H](O)[C@H](O[C@@H]1O[C@H](CO)[C@H](O)[C@H](O)[C@H]1O)[C@H](O)CO. The van der Waals surface area contributed by atoms with Crippen LogP contribution in [-0.2, 0) is 73.4 Å². The van der Waals surface area contributed by atoms with E-state index in [0.29, 0.717) is 28.4 Å². The number of nitrogens with zero attached hydrogens (tertiary/aromatic N) is 5. The number of aromatic nitrogens is 2. The van der Waals surface area contributed by atoms with Gasteiger partial charge in [0.15, 0.2) is 31.1 Å². The van der Waals surface area contributed by atoms with Crippen LogP contribution in [0.2, 0.25) is 0 Å². The number of thiazole rings is 1. The first-order valence-electron chi connectivity index (χ1n) is 31.3. The Morgan fingerprint density at radius 2 is 1.62 bits per heavy atom. The number of esters is 1. The lowest BCUT2D eigenvalue weighted by Crippen LogP contribution is -2.61. The number of carboxylic acid groups (broad SMARTS) is 1. The first-order valence-corrected chi connectivity index (χ1v) is 32.2. The molecule has 96 heavy (non-hydrogen) atoms. The van der Waals surface area contributed by atoms with Crippen molar-refractivity contribution in [2.45, 2.75) is 228 Å². The van der Waals surface area contributed by atoms with Crippen LogP contribution in [-0.4, -0.2) is 279 Å². The Bertz CT molecular complexity index is 2980. The number of carboxylic acids is 1. The predicted octanol–water partition coefficient (Wildman–Crippen LogP) is -2.01. The van der Waals surface area contributed by atoms with Crippen molar-refractivity contribution in [1.82, 2.24) is 14.9 Å². The Kier molecular flexibility index (Phi) is 29.9. The minimum Gasteiger partial charge on any atom is -0.479 e. The molecule has 6 heterocycles. The largest absolute Gasteiger partial charge is 0.479 e. The number of aliphatic imine (C=N–C) groups is 1. The van der Waals surface area contributed by atoms with E-state index < -0.39 is 187 Å². The zero-order valence-electron chi connectivity index (χ0n) is 55.4. The van der Waals surface area contributed by atoms with Gasteiger partial charge in [0.05, 0.1) is 62.1 Å². The van der Waals surface area contributed by atoms with Gasteiger partial charge in [0.2, 0.25) is 17.7 Å². The highest BCUT2D eigenvalue weighted by molar-refractivity contribution is 7.13. The molecule has 0 spiro atoms. The van der Waals surface area contributed by atoms with E-state index in [0.717, 1.165) is 6.92 Å². The normalized spacial score (nSPS) is 35.0. The van der Waals surface area contributed by atoms with Crippen LogP contribution in [0.5, 0.6) is 0 Å². The Morgan fingerprint density at radius 3 is 2.21 bits per heavy atom. The molecule has 23 atom stereocenters. The number of hydrogen-bond donors (Lipinski definition) is 14. The maximum atomic E-state index is 17.0. The molecule has 0 radical (unpaired) electrons. The van der Waals surface area contributed by atoms with Gasteiger partial charge in [-0.2, -0.15) is 0 Å². The van der Waals surface area contributed by atoms with E-state index in [1.54, 1.807) is 72.4 Å². The number of aliphatic hydroxyl groups excluding tert-OH is 9. The van der Waals surface area contributed by atoms with Crippen LogP contribution in [0.15, 0.2) is 33.9 Å². The second-order valence-corrected chi connectivity index (χ2v) is 26.1. The van der Waals surface area contributed by atoms with Crippen molar-refractivity contribution < 1.29 is 127 Å². The van der Waals surface area contributed by atoms with Crippen molar-refractivity contribution in [1.29, 1.82) is 0 Å². The number of carbonyl (C=O) groups is 6. The lowest BCUT2D eigenvalue weighted by Gasteiger charge is -2.47. The minimum absolute atomic E-state index is 0.0331. The van der Waals surface area contributed by atoms with Gasteiger partial charge in [-0.05, 0) is 85.5 Å². The maximum Gasteiger partial charge on any atom is 0.351 e. The molecule has 3 amide bonds. The average Bonchev–Trinajstić information content (AvgIpc) is 0.923. The molecule has 542 valence electrons. The number of amides is 3. The van der Waals surface area contributed by atoms with Crippen LogP contribution in [0.4, 0.5) is 10.2 Å². The summed E-state index contributed by atoms with van der Waals surface area (Å²) in [5.41, 5.74) is 5.63. The third-order valence-electron chi connectivity index (χ3n) is 17.3. The summed E-state index contributed by atoms with van der Waals surface area (Å²) in [4.78, 5) is 97.4. The highest BCUT2D eigenvalue weighted by atomic mass is 32.1. The van der Waals surface area contributed by atoms with Crippen molar-refractivity contribution >= 4 is 64.0 Å². The van der Waals surface area contributed by atoms with Gasteiger partial charge in [-0.3, -0.25) is 24.2 Å². The van der Waals surface area contributed by atoms with Crippen LogP contribution >= 0.6 is 11.3 Å². The van der Waals surface area contributed by atoms with Crippen molar-refractivity contribution in [3.63, 3.8) is 0 Å². The zero-order chi connectivity index (χ0) is 72.1. The van der Waals surface area contributed by atoms with E-state index in [2.05, 4.69) is 25.4 Å². The summed E-state index contributed by atoms with van der Waals surface area (Å²) in [6.07, 6.45) is -22.1. The number of aliphatic hydroxyl groups is 10. The van der Waals surface area contributed by atoms with Crippen molar-refractivity contribution in [3.8, 4) is 10.6 Å². The Morgan fingerprint density at radius 1 is 0.948 bits per heavy atom. The second-order valence-electron chi connectivity index (χ2n) is 25.3. The summed E-state index contributed by atoms with van der Waals surface area (Å²) in [6.45, 7) is 11.3. The molecule has 4 fully saturated rings. The Hall–Kier alpha value is -5.65. The molecule has 0 unspecified atom stereocenters. The first-order chi connectivity index (χ1) is 44.9. The second kappa shape index (κ2) is 35.4. The molecular weight excluding hydrogens is 1300 g/mol. The van der Waals surface area contributed by atoms with Gasteiger partial charge in [0.1, 0.15) is 77.1 Å². The molecule has 33 nitrogen and oxygen atoms in total. The highest BCUT2D eigenvalue weighted by Gasteiger charge is 2.57. The molecule has 0 saturated carbocycles. The van der Waals surface area contributed by atoms with E-state index in [-0.39, 0.29) is 63.5 Å². The van der Waals surface area contributed by atoms with Crippen LogP contribution in [0.3, 0.4) is 0 Å². The molecular formula is C61H95FN8O25S. The molecule has 2 aromatic rings. The van der Waals surface area contributed by atoms with Gasteiger partial charge in [0.25, 0.3) is 5.67 Å². The molecule has 4 saturated heterocycles. The number of aliphatic carboxylic acids is 1. The third-order valence-corrected chi connectivity index (χ3v) is 18.2. The number of hydrogen-bond acceptors (Lipinski definition) is 30. The van der Waals surface area contributed by atoms with E-state index in [1.807, 2.05) is 11.8 Å². The fourth-order valence-corrected chi connectivity index (χ4v) is 12.5. The van der Waals surface area contributed by atoms with Crippen LogP contribution in [0.1, 0.15) is 107 Å². The summed E-state index contributed by atoms with van der Waals surface area (Å²) < 4.78 is 59.0. The monoisotopic (exact) mass is 1390 g/mol. The van der Waals surface area contributed by atoms with Gasteiger partial charge in [-0.1, -0.05) is 39.8 Å². The number of Topliss-reactive ketones (excluding diaryl/α,β-unsaturated/α-hetero) is 1. The highest BCUT2D eigenvalue weighted by Crippen LogP contribution is 2.41. The van der Waals surface area contributed by atoms with E-state index in [9.17, 15) is 69.6 Å². The first kappa shape index (κ1) is 81.0. The third kappa shape index (κ3) is 20.3. The number of cyclic esters (lactones) is 1. The fraction of sp³-hybridized carbons (Fsp3) is 0.738. The van der Waals surface area contributed by atoms with Crippen LogP contribution in [0.25, 0.3) is 10.6 Å². The quantitative estimate of drug-likeness (QED) is 0.0344. The number of alkyl halides is 1. The van der Waals surface area contributed by atoms with Crippen molar-refractivity contribution in [2.75, 3.05) is 45.8 Å². The molecule has 6 rings (SSSR count). The molecule has 0 aromatic carbocycles. The number of nitrogens with two attached hydrogens (primary N) is 2. The van der Waals surface area contributed by atoms with Crippen LogP contribution < -0.4 is 16.8 Å².